The molecule has 1 aromatic rings. The zero-order valence-electron chi connectivity index (χ0n) is 16.3. The monoisotopic (exact) mass is 454 g/mol. The molecule has 1 amide bonds. The van der Waals surface area contributed by atoms with E-state index in [4.69, 9.17) is 19.9 Å². The van der Waals surface area contributed by atoms with Crippen LogP contribution < -0.4 is 5.73 Å². The van der Waals surface area contributed by atoms with Crippen LogP contribution in [0.2, 0.25) is 0 Å². The molecule has 2 heterocycles. The Labute approximate surface area is 173 Å². The first-order chi connectivity index (χ1) is 13.4. The second-order valence-electron chi connectivity index (χ2n) is 7.13. The summed E-state index contributed by atoms with van der Waals surface area (Å²) in [5.41, 5.74) is 6.48. The first-order valence-electron chi connectivity index (χ1n) is 9.41. The normalized spacial score (nSPS) is 32.5. The Balaban J connectivity index is 1.90. The molecular weight excluding hydrogens is 428 g/mol. The number of hydrogen-bond acceptors (Lipinski definition) is 6. The van der Waals surface area contributed by atoms with Crippen LogP contribution in [0.15, 0.2) is 40.7 Å². The number of alkyl halides is 1. The van der Waals surface area contributed by atoms with Gasteiger partial charge >= 0.3 is 0 Å². The molecule has 1 unspecified atom stereocenters. The van der Waals surface area contributed by atoms with E-state index >= 15 is 0 Å². The van der Waals surface area contributed by atoms with Gasteiger partial charge in [0.15, 0.2) is 6.29 Å². The third kappa shape index (κ3) is 4.53. The minimum absolute atomic E-state index is 0.0163. The molecule has 2 saturated heterocycles. The molecule has 0 aliphatic carbocycles. The number of nitrogens with two attached hydrogens (primary N) is 1. The van der Waals surface area contributed by atoms with Crippen LogP contribution in [0.25, 0.3) is 0 Å². The first kappa shape index (κ1) is 21.2. The van der Waals surface area contributed by atoms with Crippen LogP contribution in [0.3, 0.4) is 0 Å². The number of amides is 1. The average molecular weight is 455 g/mol. The van der Waals surface area contributed by atoms with E-state index in [1.807, 2.05) is 49.2 Å². The molecule has 2 aliphatic rings. The Bertz CT molecular complexity index is 690. The molecular formula is C19H27BrN4O4. The Morgan fingerprint density at radius 1 is 1.29 bits per heavy atom. The van der Waals surface area contributed by atoms with Gasteiger partial charge in [0.25, 0.3) is 0 Å². The molecule has 0 radical (unpaired) electrons. The quantitative estimate of drug-likeness (QED) is 0.404. The third-order valence-corrected chi connectivity index (χ3v) is 6.00. The molecule has 28 heavy (non-hydrogen) atoms. The summed E-state index contributed by atoms with van der Waals surface area (Å²) in [6, 6.07) is 9.54. The maximum absolute atomic E-state index is 11.9. The number of fused-ring (bicyclic) bond motifs is 1. The minimum Gasteiger partial charge on any atom is -0.367 e. The summed E-state index contributed by atoms with van der Waals surface area (Å²) < 4.78 is 18.1. The molecule has 0 bridgehead atoms. The molecule has 1 aromatic carbocycles. The number of carbonyl (C=O) groups is 1. The van der Waals surface area contributed by atoms with E-state index < -0.39 is 24.4 Å². The standard InChI is InChI=1S/C19H27BrN4O4/c1-11(20)12(2)24(23-22-3)14-9-15(18(21)25)27-16-10-26-19(28-17(14)16)13-7-5-4-6-8-13/h4-8,11-12,14-17,19H,9-10H2,1-3H3,(H2,21,25)/b23-22-/t11?,12-,14-,15-,16-,17-,19+/m1/s1. The Kier molecular flexibility index (Phi) is 7.03. The molecule has 8 nitrogen and oxygen atoms in total. The molecule has 7 atom stereocenters. The second-order valence-corrected chi connectivity index (χ2v) is 8.58. The number of carbonyl (C=O) groups excluding carboxylic acids is 1. The highest BCUT2D eigenvalue weighted by atomic mass is 79.9. The van der Waals surface area contributed by atoms with Crippen molar-refractivity contribution < 1.29 is 19.0 Å². The largest absolute Gasteiger partial charge is 0.367 e. The Morgan fingerprint density at radius 3 is 2.61 bits per heavy atom. The number of ether oxygens (including phenoxy) is 3. The van der Waals surface area contributed by atoms with Crippen LogP contribution in [-0.2, 0) is 19.0 Å². The average Bonchev–Trinajstić information content (AvgIpc) is 2.71. The van der Waals surface area contributed by atoms with Crippen molar-refractivity contribution in [2.45, 2.75) is 61.8 Å². The van der Waals surface area contributed by atoms with E-state index in [1.165, 1.54) is 0 Å². The summed E-state index contributed by atoms with van der Waals surface area (Å²) in [5.74, 6) is -0.499. The van der Waals surface area contributed by atoms with Gasteiger partial charge in [-0.1, -0.05) is 58.4 Å². The van der Waals surface area contributed by atoms with Gasteiger partial charge in [0.2, 0.25) is 5.91 Å². The van der Waals surface area contributed by atoms with Crippen molar-refractivity contribution in [2.75, 3.05) is 13.7 Å². The van der Waals surface area contributed by atoms with Crippen LogP contribution in [0.1, 0.15) is 32.1 Å². The fourth-order valence-corrected chi connectivity index (χ4v) is 3.85. The molecule has 9 heteroatoms. The molecule has 2 N–H and O–H groups in total. The predicted molar refractivity (Wildman–Crippen MR) is 107 cm³/mol. The maximum Gasteiger partial charge on any atom is 0.246 e. The molecule has 0 spiro atoms. The SMILES string of the molecule is C/N=N\N([C@H](C)C(C)Br)[C@@H]1C[C@H](C(N)=O)O[C@@H]2CO[C@H](c3ccccc3)O[C@H]12. The minimum atomic E-state index is -0.723. The zero-order chi connectivity index (χ0) is 20.3. The third-order valence-electron chi connectivity index (χ3n) is 5.24. The van der Waals surface area contributed by atoms with Crippen molar-refractivity contribution in [3.8, 4) is 0 Å². The van der Waals surface area contributed by atoms with Gasteiger partial charge < -0.3 is 19.9 Å². The van der Waals surface area contributed by atoms with Crippen molar-refractivity contribution in [3.63, 3.8) is 0 Å². The maximum atomic E-state index is 11.9. The summed E-state index contributed by atoms with van der Waals surface area (Å²) >= 11 is 3.63. The van der Waals surface area contributed by atoms with Crippen LogP contribution in [-0.4, -0.2) is 59.8 Å². The van der Waals surface area contributed by atoms with Gasteiger partial charge in [0.1, 0.15) is 18.3 Å². The fourth-order valence-electron chi connectivity index (χ4n) is 3.61. The van der Waals surface area contributed by atoms with Gasteiger partial charge in [0, 0.05) is 16.8 Å². The lowest BCUT2D eigenvalue weighted by molar-refractivity contribution is -0.301. The van der Waals surface area contributed by atoms with E-state index in [-0.39, 0.29) is 23.0 Å². The number of benzene rings is 1. The van der Waals surface area contributed by atoms with Crippen LogP contribution in [0, 0.1) is 0 Å². The number of nitrogens with zero attached hydrogens (tertiary/aromatic N) is 3. The van der Waals surface area contributed by atoms with Crippen LogP contribution in [0.5, 0.6) is 0 Å². The first-order valence-corrected chi connectivity index (χ1v) is 10.3. The lowest BCUT2D eigenvalue weighted by Gasteiger charge is -2.49. The van der Waals surface area contributed by atoms with Crippen molar-refractivity contribution in [1.82, 2.24) is 5.01 Å². The molecule has 0 saturated carbocycles. The van der Waals surface area contributed by atoms with Crippen molar-refractivity contribution in [1.29, 1.82) is 0 Å². The lowest BCUT2D eigenvalue weighted by atomic mass is 9.92. The highest BCUT2D eigenvalue weighted by molar-refractivity contribution is 9.09. The topological polar surface area (TPSA) is 98.7 Å². The van der Waals surface area contributed by atoms with Gasteiger partial charge in [-0.15, -0.1) is 0 Å². The zero-order valence-corrected chi connectivity index (χ0v) is 17.9. The van der Waals surface area contributed by atoms with Crippen molar-refractivity contribution in [3.05, 3.63) is 35.9 Å². The highest BCUT2D eigenvalue weighted by Gasteiger charge is 2.49. The van der Waals surface area contributed by atoms with Gasteiger partial charge in [-0.25, -0.2) is 0 Å². The fraction of sp³-hybridized carbons (Fsp3) is 0.632. The number of hydrogen-bond donors (Lipinski definition) is 1. The van der Waals surface area contributed by atoms with Crippen LogP contribution in [0.4, 0.5) is 0 Å². The van der Waals surface area contributed by atoms with E-state index in [1.54, 1.807) is 7.05 Å². The van der Waals surface area contributed by atoms with E-state index in [0.29, 0.717) is 13.0 Å². The Morgan fingerprint density at radius 2 is 2.00 bits per heavy atom. The molecule has 2 fully saturated rings. The summed E-state index contributed by atoms with van der Waals surface area (Å²) in [6.45, 7) is 4.40. The smallest absolute Gasteiger partial charge is 0.246 e. The van der Waals surface area contributed by atoms with E-state index in [0.717, 1.165) is 5.56 Å². The van der Waals surface area contributed by atoms with Gasteiger partial charge in [-0.3, -0.25) is 9.80 Å². The second kappa shape index (κ2) is 9.30. The number of primary amides is 1. The summed E-state index contributed by atoms with van der Waals surface area (Å²) in [7, 11) is 1.62. The van der Waals surface area contributed by atoms with Gasteiger partial charge in [0.05, 0.1) is 25.7 Å². The molecule has 0 aromatic heterocycles. The number of rotatable bonds is 6. The summed E-state index contributed by atoms with van der Waals surface area (Å²) in [5, 5.41) is 10.2. The lowest BCUT2D eigenvalue weighted by Crippen LogP contribution is -2.62. The Hall–Kier alpha value is -1.55. The van der Waals surface area contributed by atoms with E-state index in [2.05, 4.69) is 26.3 Å². The number of halogens is 1. The molecule has 3 rings (SSSR count). The molecule has 2 aliphatic heterocycles. The van der Waals surface area contributed by atoms with Gasteiger partial charge in [-0.2, -0.15) is 5.11 Å². The van der Waals surface area contributed by atoms with Crippen LogP contribution >= 0.6 is 15.9 Å². The summed E-state index contributed by atoms with van der Waals surface area (Å²) in [4.78, 5) is 12.0. The van der Waals surface area contributed by atoms with E-state index in [9.17, 15) is 4.79 Å². The highest BCUT2D eigenvalue weighted by Crippen LogP contribution is 2.37. The molecule has 154 valence electrons. The van der Waals surface area contributed by atoms with Crippen molar-refractivity contribution in [2.24, 2.45) is 16.1 Å². The summed E-state index contributed by atoms with van der Waals surface area (Å²) in [6.07, 6.45) is -1.60. The van der Waals surface area contributed by atoms with Crippen molar-refractivity contribution >= 4 is 21.8 Å². The predicted octanol–water partition coefficient (Wildman–Crippen LogP) is 2.58. The van der Waals surface area contributed by atoms with Gasteiger partial charge in [-0.05, 0) is 6.92 Å².